The highest BCUT2D eigenvalue weighted by Crippen LogP contribution is 2.17. The molecule has 0 bridgehead atoms. The van der Waals surface area contributed by atoms with Gasteiger partial charge in [-0.05, 0) is 30.3 Å². The Morgan fingerprint density at radius 1 is 1.00 bits per heavy atom. The number of benzene rings is 2. The Kier molecular flexibility index (Phi) is 6.03. The number of nitrogens with one attached hydrogen (secondary N) is 1. The van der Waals surface area contributed by atoms with E-state index in [-0.39, 0.29) is 5.91 Å². The monoisotopic (exact) mass is 361 g/mol. The fraction of sp³-hybridized carbons (Fsp3) is 0.278. The fourth-order valence-electron chi connectivity index (χ4n) is 2.29. The maximum Gasteiger partial charge on any atom is 0.251 e. The van der Waals surface area contributed by atoms with Crippen LogP contribution in [0.4, 0.5) is 11.4 Å². The van der Waals surface area contributed by atoms with Crippen molar-refractivity contribution in [3.8, 4) is 0 Å². The molecule has 0 radical (unpaired) electrons. The Balaban J connectivity index is 1.95. The quantitative estimate of drug-likeness (QED) is 0.818. The number of rotatable bonds is 7. The van der Waals surface area contributed by atoms with Crippen molar-refractivity contribution in [3.63, 3.8) is 0 Å². The Morgan fingerprint density at radius 2 is 1.64 bits per heavy atom. The average molecular weight is 361 g/mol. The second-order valence-corrected chi connectivity index (χ2v) is 7.81. The molecular weight excluding hydrogens is 338 g/mol. The molecule has 25 heavy (non-hydrogen) atoms. The highest BCUT2D eigenvalue weighted by molar-refractivity contribution is 7.92. The summed E-state index contributed by atoms with van der Waals surface area (Å²) in [6, 6.07) is 16.5. The van der Waals surface area contributed by atoms with E-state index in [4.69, 9.17) is 0 Å². The molecule has 2 aromatic carbocycles. The molecule has 0 saturated heterocycles. The van der Waals surface area contributed by atoms with Gasteiger partial charge in [0.05, 0.1) is 11.9 Å². The molecule has 0 aliphatic heterocycles. The molecule has 0 heterocycles. The number of anilines is 2. The highest BCUT2D eigenvalue weighted by Gasteiger charge is 2.14. The van der Waals surface area contributed by atoms with E-state index >= 15 is 0 Å². The first-order valence-corrected chi connectivity index (χ1v) is 9.72. The van der Waals surface area contributed by atoms with Gasteiger partial charge in [-0.25, -0.2) is 8.42 Å². The van der Waals surface area contributed by atoms with Gasteiger partial charge in [0.25, 0.3) is 5.91 Å². The lowest BCUT2D eigenvalue weighted by molar-refractivity contribution is 0.0954. The third-order valence-corrected chi connectivity index (χ3v) is 5.10. The fourth-order valence-corrected chi connectivity index (χ4v) is 2.78. The zero-order valence-electron chi connectivity index (χ0n) is 14.6. The highest BCUT2D eigenvalue weighted by atomic mass is 32.2. The van der Waals surface area contributed by atoms with Gasteiger partial charge in [-0.3, -0.25) is 9.10 Å². The van der Waals surface area contributed by atoms with Crippen LogP contribution < -0.4 is 14.5 Å². The standard InChI is InChI=1S/C18H23N3O3S/c1-20(16-9-5-4-6-10-16)13-12-19-18(22)15-8-7-11-17(14-15)21(2)25(3,23)24/h4-11,14H,12-13H2,1-3H3,(H,19,22). The van der Waals surface area contributed by atoms with Gasteiger partial charge in [-0.1, -0.05) is 24.3 Å². The van der Waals surface area contributed by atoms with Crippen LogP contribution in [0.2, 0.25) is 0 Å². The van der Waals surface area contributed by atoms with Crippen molar-refractivity contribution in [2.24, 2.45) is 0 Å². The molecule has 6 nitrogen and oxygen atoms in total. The molecule has 0 saturated carbocycles. The lowest BCUT2D eigenvalue weighted by Gasteiger charge is -2.20. The maximum absolute atomic E-state index is 12.3. The third-order valence-electron chi connectivity index (χ3n) is 3.90. The van der Waals surface area contributed by atoms with Crippen LogP contribution in [-0.2, 0) is 10.0 Å². The topological polar surface area (TPSA) is 69.7 Å². The minimum Gasteiger partial charge on any atom is -0.373 e. The van der Waals surface area contributed by atoms with Gasteiger partial charge in [0.2, 0.25) is 10.0 Å². The minimum absolute atomic E-state index is 0.231. The SMILES string of the molecule is CN(CCNC(=O)c1cccc(N(C)S(C)(=O)=O)c1)c1ccccc1. The molecule has 0 spiro atoms. The van der Waals surface area contributed by atoms with Crippen LogP contribution in [0.3, 0.4) is 0 Å². The number of hydrogen-bond acceptors (Lipinski definition) is 4. The van der Waals surface area contributed by atoms with Crippen molar-refractivity contribution >= 4 is 27.3 Å². The molecular formula is C18H23N3O3S. The molecule has 1 N–H and O–H groups in total. The molecule has 0 fully saturated rings. The number of nitrogens with zero attached hydrogens (tertiary/aromatic N) is 2. The molecule has 7 heteroatoms. The van der Waals surface area contributed by atoms with E-state index in [2.05, 4.69) is 5.32 Å². The largest absolute Gasteiger partial charge is 0.373 e. The van der Waals surface area contributed by atoms with Gasteiger partial charge in [-0.15, -0.1) is 0 Å². The number of carbonyl (C=O) groups excluding carboxylic acids is 1. The van der Waals surface area contributed by atoms with E-state index in [1.54, 1.807) is 24.3 Å². The first-order chi connectivity index (χ1) is 11.8. The summed E-state index contributed by atoms with van der Waals surface area (Å²) in [5.41, 5.74) is 1.96. The Hall–Kier alpha value is -2.54. The molecule has 2 aromatic rings. The molecule has 0 unspecified atom stereocenters. The van der Waals surface area contributed by atoms with Gasteiger partial charge in [0.1, 0.15) is 0 Å². The number of likely N-dealkylation sites (N-methyl/N-ethyl adjacent to an activating group) is 1. The zero-order valence-corrected chi connectivity index (χ0v) is 15.5. The second kappa shape index (κ2) is 8.02. The van der Waals surface area contributed by atoms with E-state index in [1.807, 2.05) is 42.3 Å². The van der Waals surface area contributed by atoms with Gasteiger partial charge in [-0.2, -0.15) is 0 Å². The summed E-state index contributed by atoms with van der Waals surface area (Å²) in [7, 11) is 0.0588. The number of sulfonamides is 1. The molecule has 0 aliphatic carbocycles. The van der Waals surface area contributed by atoms with Crippen molar-refractivity contribution < 1.29 is 13.2 Å². The molecule has 2 rings (SSSR count). The smallest absolute Gasteiger partial charge is 0.251 e. The minimum atomic E-state index is -3.36. The van der Waals surface area contributed by atoms with Crippen LogP contribution in [0, 0.1) is 0 Å². The Labute approximate surface area is 149 Å². The van der Waals surface area contributed by atoms with Gasteiger partial charge in [0, 0.05) is 38.4 Å². The van der Waals surface area contributed by atoms with Crippen molar-refractivity contribution in [3.05, 3.63) is 60.2 Å². The van der Waals surface area contributed by atoms with E-state index in [9.17, 15) is 13.2 Å². The second-order valence-electron chi connectivity index (χ2n) is 5.79. The number of carbonyl (C=O) groups is 1. The number of hydrogen-bond donors (Lipinski definition) is 1. The molecule has 134 valence electrons. The average Bonchev–Trinajstić information content (AvgIpc) is 2.61. The van der Waals surface area contributed by atoms with Crippen molar-refractivity contribution in [1.82, 2.24) is 5.32 Å². The Bertz CT molecular complexity index is 822. The number of amides is 1. The predicted octanol–water partition coefficient (Wildman–Crippen LogP) is 1.95. The van der Waals surface area contributed by atoms with Crippen LogP contribution in [0.25, 0.3) is 0 Å². The number of para-hydroxylation sites is 1. The summed E-state index contributed by atoms with van der Waals surface area (Å²) in [5.74, 6) is -0.231. The summed E-state index contributed by atoms with van der Waals surface area (Å²) in [5, 5.41) is 2.86. The summed E-state index contributed by atoms with van der Waals surface area (Å²) < 4.78 is 24.4. The lowest BCUT2D eigenvalue weighted by atomic mass is 10.2. The summed E-state index contributed by atoms with van der Waals surface area (Å²) in [4.78, 5) is 14.3. The van der Waals surface area contributed by atoms with E-state index in [1.165, 1.54) is 7.05 Å². The molecule has 1 amide bonds. The molecule has 0 aliphatic rings. The van der Waals surface area contributed by atoms with E-state index in [0.29, 0.717) is 24.3 Å². The normalized spacial score (nSPS) is 11.0. The van der Waals surface area contributed by atoms with Crippen LogP contribution in [0.1, 0.15) is 10.4 Å². The van der Waals surface area contributed by atoms with Crippen molar-refractivity contribution in [2.45, 2.75) is 0 Å². The van der Waals surface area contributed by atoms with Gasteiger partial charge in [0.15, 0.2) is 0 Å². The third kappa shape index (κ3) is 5.22. The predicted molar refractivity (Wildman–Crippen MR) is 102 cm³/mol. The zero-order chi connectivity index (χ0) is 18.4. The van der Waals surface area contributed by atoms with Crippen LogP contribution in [-0.4, -0.2) is 47.8 Å². The van der Waals surface area contributed by atoms with E-state index in [0.717, 1.165) is 16.2 Å². The first kappa shape index (κ1) is 18.8. The molecule has 0 atom stereocenters. The van der Waals surface area contributed by atoms with E-state index < -0.39 is 10.0 Å². The summed E-state index contributed by atoms with van der Waals surface area (Å²) in [6.45, 7) is 1.15. The van der Waals surface area contributed by atoms with Crippen LogP contribution >= 0.6 is 0 Å². The van der Waals surface area contributed by atoms with Gasteiger partial charge < -0.3 is 10.2 Å². The van der Waals surface area contributed by atoms with Crippen LogP contribution in [0.15, 0.2) is 54.6 Å². The lowest BCUT2D eigenvalue weighted by Crippen LogP contribution is -2.33. The molecule has 0 aromatic heterocycles. The Morgan fingerprint density at radius 3 is 2.28 bits per heavy atom. The van der Waals surface area contributed by atoms with Crippen molar-refractivity contribution in [2.75, 3.05) is 42.6 Å². The first-order valence-electron chi connectivity index (χ1n) is 7.87. The summed E-state index contributed by atoms with van der Waals surface area (Å²) >= 11 is 0. The van der Waals surface area contributed by atoms with Crippen molar-refractivity contribution in [1.29, 1.82) is 0 Å². The van der Waals surface area contributed by atoms with Crippen LogP contribution in [0.5, 0.6) is 0 Å². The maximum atomic E-state index is 12.3. The summed E-state index contributed by atoms with van der Waals surface area (Å²) in [6.07, 6.45) is 1.12. The van der Waals surface area contributed by atoms with Gasteiger partial charge >= 0.3 is 0 Å².